The molecular weight excluding hydrogens is 297 g/mol. The number of nitrogens with one attached hydrogen (secondary N) is 2. The zero-order valence-electron chi connectivity index (χ0n) is 10.6. The average molecular weight is 309 g/mol. The third-order valence-corrected chi connectivity index (χ3v) is 2.50. The third kappa shape index (κ3) is 4.41. The fourth-order valence-corrected chi connectivity index (χ4v) is 1.47. The minimum atomic E-state index is -4.57. The van der Waals surface area contributed by atoms with Crippen LogP contribution < -0.4 is 10.6 Å². The van der Waals surface area contributed by atoms with Gasteiger partial charge in [-0.05, 0) is 32.0 Å². The van der Waals surface area contributed by atoms with Crippen molar-refractivity contribution in [3.63, 3.8) is 0 Å². The molecule has 8 heteroatoms. The molecule has 1 rings (SSSR count). The van der Waals surface area contributed by atoms with Gasteiger partial charge in [-0.2, -0.15) is 13.2 Å². The molecule has 0 saturated heterocycles. The van der Waals surface area contributed by atoms with Gasteiger partial charge in [-0.3, -0.25) is 9.59 Å². The number of halogens is 4. The molecule has 0 bridgehead atoms. The molecule has 0 atom stereocenters. The first-order valence-electron chi connectivity index (χ1n) is 5.60. The van der Waals surface area contributed by atoms with Crippen molar-refractivity contribution >= 4 is 29.1 Å². The normalized spacial score (nSPS) is 11.3. The van der Waals surface area contributed by atoms with Crippen LogP contribution in [0.15, 0.2) is 18.2 Å². The maximum absolute atomic E-state index is 12.5. The zero-order valence-corrected chi connectivity index (χ0v) is 11.4. The predicted octanol–water partition coefficient (Wildman–Crippen LogP) is 2.82. The number of rotatable bonds is 2. The van der Waals surface area contributed by atoms with E-state index in [0.29, 0.717) is 6.07 Å². The fourth-order valence-electron chi connectivity index (χ4n) is 1.30. The molecule has 2 amide bonds. The summed E-state index contributed by atoms with van der Waals surface area (Å²) in [5.41, 5.74) is -1.24. The van der Waals surface area contributed by atoms with Crippen LogP contribution in [0, 0.1) is 0 Å². The Morgan fingerprint density at radius 1 is 1.20 bits per heavy atom. The molecule has 0 heterocycles. The standard InChI is InChI=1S/C12H12ClF3N2O2/c1-6(2)17-10(19)11(20)18-9-5-7(12(14,15)16)3-4-8(9)13/h3-6H,1-2H3,(H,17,19)(H,18,20). The zero-order chi connectivity index (χ0) is 15.5. The average Bonchev–Trinajstić information content (AvgIpc) is 2.29. The van der Waals surface area contributed by atoms with Gasteiger partial charge in [0.05, 0.1) is 16.3 Å². The van der Waals surface area contributed by atoms with Gasteiger partial charge in [0.1, 0.15) is 0 Å². The Morgan fingerprint density at radius 3 is 2.30 bits per heavy atom. The summed E-state index contributed by atoms with van der Waals surface area (Å²) in [6.07, 6.45) is -4.57. The highest BCUT2D eigenvalue weighted by atomic mass is 35.5. The van der Waals surface area contributed by atoms with Crippen LogP contribution in [0.1, 0.15) is 19.4 Å². The quantitative estimate of drug-likeness (QED) is 0.825. The van der Waals surface area contributed by atoms with Crippen molar-refractivity contribution in [2.75, 3.05) is 5.32 Å². The second-order valence-corrected chi connectivity index (χ2v) is 4.68. The van der Waals surface area contributed by atoms with Crippen molar-refractivity contribution in [2.45, 2.75) is 26.1 Å². The molecule has 0 aliphatic heterocycles. The molecule has 0 unspecified atom stereocenters. The van der Waals surface area contributed by atoms with Crippen LogP contribution in [-0.4, -0.2) is 17.9 Å². The lowest BCUT2D eigenvalue weighted by Crippen LogP contribution is -2.39. The lowest BCUT2D eigenvalue weighted by atomic mass is 10.2. The van der Waals surface area contributed by atoms with E-state index in [2.05, 4.69) is 5.32 Å². The largest absolute Gasteiger partial charge is 0.416 e. The van der Waals surface area contributed by atoms with E-state index in [4.69, 9.17) is 11.6 Å². The van der Waals surface area contributed by atoms with E-state index in [1.165, 1.54) is 0 Å². The SMILES string of the molecule is CC(C)NC(=O)C(=O)Nc1cc(C(F)(F)F)ccc1Cl. The summed E-state index contributed by atoms with van der Waals surface area (Å²) >= 11 is 5.69. The number of alkyl halides is 3. The first kappa shape index (κ1) is 16.3. The molecular formula is C12H12ClF3N2O2. The molecule has 4 nitrogen and oxygen atoms in total. The van der Waals surface area contributed by atoms with Crippen LogP contribution in [0.5, 0.6) is 0 Å². The van der Waals surface area contributed by atoms with Crippen molar-refractivity contribution in [3.05, 3.63) is 28.8 Å². The van der Waals surface area contributed by atoms with Crippen molar-refractivity contribution in [1.82, 2.24) is 5.32 Å². The second kappa shape index (κ2) is 6.13. The number of hydrogen-bond acceptors (Lipinski definition) is 2. The van der Waals surface area contributed by atoms with E-state index in [-0.39, 0.29) is 16.8 Å². The predicted molar refractivity (Wildman–Crippen MR) is 68.4 cm³/mol. The smallest absolute Gasteiger partial charge is 0.346 e. The van der Waals surface area contributed by atoms with E-state index >= 15 is 0 Å². The lowest BCUT2D eigenvalue weighted by molar-refractivity contribution is -0.137. The lowest BCUT2D eigenvalue weighted by Gasteiger charge is -2.12. The summed E-state index contributed by atoms with van der Waals surface area (Å²) in [5.74, 6) is -2.03. The van der Waals surface area contributed by atoms with Crippen LogP contribution in [0.25, 0.3) is 0 Å². The minimum Gasteiger partial charge on any atom is -0.346 e. The molecule has 20 heavy (non-hydrogen) atoms. The Hall–Kier alpha value is -1.76. The molecule has 1 aromatic rings. The topological polar surface area (TPSA) is 58.2 Å². The van der Waals surface area contributed by atoms with Gasteiger partial charge in [-0.25, -0.2) is 0 Å². The summed E-state index contributed by atoms with van der Waals surface area (Å²) in [6.45, 7) is 3.28. The van der Waals surface area contributed by atoms with Crippen molar-refractivity contribution in [1.29, 1.82) is 0 Å². The molecule has 0 spiro atoms. The van der Waals surface area contributed by atoms with Gasteiger partial charge in [-0.1, -0.05) is 11.6 Å². The van der Waals surface area contributed by atoms with Crippen LogP contribution in [0.4, 0.5) is 18.9 Å². The van der Waals surface area contributed by atoms with Gasteiger partial charge in [0.15, 0.2) is 0 Å². The van der Waals surface area contributed by atoms with Gasteiger partial charge in [-0.15, -0.1) is 0 Å². The Bertz CT molecular complexity index is 530. The van der Waals surface area contributed by atoms with Crippen molar-refractivity contribution in [2.24, 2.45) is 0 Å². The van der Waals surface area contributed by atoms with Crippen LogP contribution >= 0.6 is 11.6 Å². The Kier molecular flexibility index (Phi) is 4.99. The number of benzene rings is 1. The van der Waals surface area contributed by atoms with E-state index in [1.54, 1.807) is 13.8 Å². The Morgan fingerprint density at radius 2 is 1.80 bits per heavy atom. The highest BCUT2D eigenvalue weighted by molar-refractivity contribution is 6.41. The summed E-state index contributed by atoms with van der Waals surface area (Å²) in [6, 6.07) is 2.18. The van der Waals surface area contributed by atoms with E-state index in [1.807, 2.05) is 5.32 Å². The van der Waals surface area contributed by atoms with Gasteiger partial charge in [0.2, 0.25) is 0 Å². The Labute approximate surface area is 118 Å². The third-order valence-electron chi connectivity index (χ3n) is 2.17. The number of amides is 2. The van der Waals surface area contributed by atoms with E-state index in [0.717, 1.165) is 12.1 Å². The second-order valence-electron chi connectivity index (χ2n) is 4.27. The number of carbonyl (C=O) groups is 2. The van der Waals surface area contributed by atoms with Crippen LogP contribution in [0.2, 0.25) is 5.02 Å². The summed E-state index contributed by atoms with van der Waals surface area (Å²) in [7, 11) is 0. The first-order valence-corrected chi connectivity index (χ1v) is 5.97. The van der Waals surface area contributed by atoms with Gasteiger partial charge >= 0.3 is 18.0 Å². The van der Waals surface area contributed by atoms with Crippen molar-refractivity contribution in [3.8, 4) is 0 Å². The Balaban J connectivity index is 2.92. The van der Waals surface area contributed by atoms with Gasteiger partial charge in [0.25, 0.3) is 0 Å². The molecule has 110 valence electrons. The monoisotopic (exact) mass is 308 g/mol. The highest BCUT2D eigenvalue weighted by Crippen LogP contribution is 2.33. The molecule has 0 radical (unpaired) electrons. The van der Waals surface area contributed by atoms with E-state index < -0.39 is 23.6 Å². The summed E-state index contributed by atoms with van der Waals surface area (Å²) in [5, 5.41) is 4.26. The van der Waals surface area contributed by atoms with Crippen molar-refractivity contribution < 1.29 is 22.8 Å². The maximum Gasteiger partial charge on any atom is 0.416 e. The highest BCUT2D eigenvalue weighted by Gasteiger charge is 2.31. The summed E-state index contributed by atoms with van der Waals surface area (Å²) in [4.78, 5) is 22.9. The van der Waals surface area contributed by atoms with Gasteiger partial charge < -0.3 is 10.6 Å². The number of carbonyl (C=O) groups excluding carboxylic acids is 2. The van der Waals surface area contributed by atoms with Crippen LogP contribution in [-0.2, 0) is 15.8 Å². The molecule has 0 saturated carbocycles. The first-order chi connectivity index (χ1) is 9.11. The molecule has 0 aliphatic rings. The molecule has 1 aromatic carbocycles. The fraction of sp³-hybridized carbons (Fsp3) is 0.333. The maximum atomic E-state index is 12.5. The number of anilines is 1. The molecule has 0 aromatic heterocycles. The molecule has 0 fully saturated rings. The minimum absolute atomic E-state index is 0.0938. The van der Waals surface area contributed by atoms with Crippen LogP contribution in [0.3, 0.4) is 0 Å². The van der Waals surface area contributed by atoms with E-state index in [9.17, 15) is 22.8 Å². The molecule has 2 N–H and O–H groups in total. The number of hydrogen-bond donors (Lipinski definition) is 2. The molecule has 0 aliphatic carbocycles. The summed E-state index contributed by atoms with van der Waals surface area (Å²) < 4.78 is 37.6. The van der Waals surface area contributed by atoms with Gasteiger partial charge in [0, 0.05) is 6.04 Å².